The molecule has 0 aromatic heterocycles. The molecule has 2 saturated carbocycles. The van der Waals surface area contributed by atoms with Crippen molar-refractivity contribution in [1.29, 1.82) is 0 Å². The molecular weight excluding hydrogens is 757 g/mol. The van der Waals surface area contributed by atoms with Crippen molar-refractivity contribution >= 4 is 29.5 Å². The predicted molar refractivity (Wildman–Crippen MR) is 222 cm³/mol. The molecule has 4 rings (SSSR count). The van der Waals surface area contributed by atoms with Gasteiger partial charge in [-0.3, -0.25) is 39.6 Å². The molecule has 0 heterocycles. The van der Waals surface area contributed by atoms with Gasteiger partial charge in [0, 0.05) is 71.4 Å². The van der Waals surface area contributed by atoms with Gasteiger partial charge in [-0.15, -0.1) is 0 Å². The molecule has 0 radical (unpaired) electrons. The molecule has 1 aromatic carbocycles. The normalized spacial score (nSPS) is 21.7. The van der Waals surface area contributed by atoms with E-state index in [4.69, 9.17) is 4.74 Å². The van der Waals surface area contributed by atoms with Gasteiger partial charge >= 0.3 is 0 Å². The Balaban J connectivity index is 0.959. The second kappa shape index (κ2) is 24.5. The van der Waals surface area contributed by atoms with Crippen LogP contribution in [-0.4, -0.2) is 113 Å². The highest BCUT2D eigenvalue weighted by molar-refractivity contribution is 5.83. The van der Waals surface area contributed by atoms with Crippen LogP contribution in [0.25, 0.3) is 0 Å². The Bertz CT molecular complexity index is 1530. The zero-order valence-corrected chi connectivity index (χ0v) is 35.9. The summed E-state index contributed by atoms with van der Waals surface area (Å²) >= 11 is 0. The number of benzene rings is 1. The van der Waals surface area contributed by atoms with Crippen LogP contribution in [0.2, 0.25) is 0 Å². The van der Waals surface area contributed by atoms with Crippen molar-refractivity contribution in [2.45, 2.75) is 148 Å². The Labute approximate surface area is 350 Å². The van der Waals surface area contributed by atoms with Crippen LogP contribution in [0.5, 0.6) is 5.75 Å². The molecule has 15 heteroatoms. The van der Waals surface area contributed by atoms with Gasteiger partial charge < -0.3 is 20.7 Å². The summed E-state index contributed by atoms with van der Waals surface area (Å²) in [4.78, 5) is 59.8. The molecule has 332 valence electrons. The molecular formula is C44H72N6O9. The van der Waals surface area contributed by atoms with Crippen molar-refractivity contribution in [2.75, 3.05) is 46.4 Å². The van der Waals surface area contributed by atoms with Crippen LogP contribution >= 0.6 is 0 Å². The first-order chi connectivity index (χ1) is 28.3. The highest BCUT2D eigenvalue weighted by Crippen LogP contribution is 2.61. The highest BCUT2D eigenvalue weighted by atomic mass is 16.5. The van der Waals surface area contributed by atoms with Gasteiger partial charge in [-0.05, 0) is 143 Å². The lowest BCUT2D eigenvalue weighted by Gasteiger charge is -2.51. The number of nitrogens with one attached hydrogen (secondary N) is 3. The zero-order valence-electron chi connectivity index (χ0n) is 35.9. The summed E-state index contributed by atoms with van der Waals surface area (Å²) in [5, 5.41) is 41.0. The third-order valence-corrected chi connectivity index (χ3v) is 13.2. The molecule has 0 aliphatic heterocycles. The Hall–Kier alpha value is -3.79. The first-order valence-electron chi connectivity index (χ1n) is 22.2. The van der Waals surface area contributed by atoms with Gasteiger partial charge in [-0.2, -0.15) is 0 Å². The van der Waals surface area contributed by atoms with Crippen molar-refractivity contribution in [2.24, 2.45) is 17.3 Å². The van der Waals surface area contributed by atoms with Gasteiger partial charge in [0.15, 0.2) is 0 Å². The number of amides is 5. The molecule has 2 fully saturated rings. The van der Waals surface area contributed by atoms with Crippen LogP contribution in [0.1, 0.15) is 146 Å². The fourth-order valence-corrected chi connectivity index (χ4v) is 9.73. The quantitative estimate of drug-likeness (QED) is 0.0395. The number of unbranched alkanes of at least 4 members (excludes halogenated alkanes) is 6. The Kier molecular flexibility index (Phi) is 19.9. The van der Waals surface area contributed by atoms with Crippen LogP contribution in [0.15, 0.2) is 18.2 Å². The first-order valence-corrected chi connectivity index (χ1v) is 22.2. The maximum Gasteiger partial charge on any atom is 0.246 e. The number of hydrogen-bond donors (Lipinski definition) is 6. The molecule has 0 spiro atoms. The van der Waals surface area contributed by atoms with E-state index in [1.807, 2.05) is 0 Å². The van der Waals surface area contributed by atoms with E-state index in [1.54, 1.807) is 12.7 Å². The number of fused-ring (bicyclic) bond motifs is 5. The lowest BCUT2D eigenvalue weighted by Crippen LogP contribution is -2.48. The minimum atomic E-state index is -0.543. The van der Waals surface area contributed by atoms with Crippen LogP contribution in [0, 0.1) is 17.3 Å². The van der Waals surface area contributed by atoms with Crippen LogP contribution < -0.4 is 20.7 Å². The predicted octanol–water partition coefficient (Wildman–Crippen LogP) is 5.49. The molecule has 4 unspecified atom stereocenters. The topological polar surface area (TPSA) is 201 Å². The molecule has 3 aliphatic carbocycles. The van der Waals surface area contributed by atoms with E-state index in [2.05, 4.69) is 41.1 Å². The maximum absolute atomic E-state index is 12.4. The molecule has 0 bridgehead atoms. The fraction of sp³-hybridized carbons (Fsp3) is 0.750. The van der Waals surface area contributed by atoms with Crippen LogP contribution in [-0.2, 0) is 30.4 Å². The van der Waals surface area contributed by atoms with Crippen molar-refractivity contribution in [3.63, 3.8) is 0 Å². The van der Waals surface area contributed by atoms with E-state index in [9.17, 15) is 39.6 Å². The number of hydroxylamine groups is 6. The molecule has 15 nitrogen and oxygen atoms in total. The number of nitrogens with zero attached hydrogens (tertiary/aromatic N) is 3. The Morgan fingerprint density at radius 2 is 1.27 bits per heavy atom. The maximum atomic E-state index is 12.4. The lowest BCUT2D eigenvalue weighted by molar-refractivity contribution is -0.166. The van der Waals surface area contributed by atoms with E-state index >= 15 is 0 Å². The van der Waals surface area contributed by atoms with E-state index < -0.39 is 17.7 Å². The molecule has 0 saturated heterocycles. The number of rotatable bonds is 26. The zero-order chi connectivity index (χ0) is 42.8. The van der Waals surface area contributed by atoms with E-state index in [0.717, 1.165) is 54.9 Å². The molecule has 59 heavy (non-hydrogen) atoms. The minimum Gasteiger partial charge on any atom is -0.497 e. The second-order valence-corrected chi connectivity index (χ2v) is 17.2. The number of methoxy groups -OCH3 is 1. The molecule has 5 amide bonds. The van der Waals surface area contributed by atoms with Gasteiger partial charge in [0.25, 0.3) is 0 Å². The van der Waals surface area contributed by atoms with Crippen molar-refractivity contribution in [3.05, 3.63) is 29.3 Å². The minimum absolute atomic E-state index is 0.0140. The van der Waals surface area contributed by atoms with E-state index in [1.165, 1.54) is 44.6 Å². The SMILES string of the molecule is COc1ccc2c(c1)CCC1C2CC[C@]2(C)C(NCCCCCN(O)C(=O)CCC(=O)NCCCCCN(O)C(=O)CCC(=O)NCCCCCN(O)C(C)=O)CCC12. The Morgan fingerprint density at radius 3 is 1.83 bits per heavy atom. The molecule has 6 N–H and O–H groups in total. The highest BCUT2D eigenvalue weighted by Gasteiger charge is 2.54. The van der Waals surface area contributed by atoms with Gasteiger partial charge in [0.2, 0.25) is 29.5 Å². The van der Waals surface area contributed by atoms with Crippen molar-refractivity contribution in [3.8, 4) is 5.75 Å². The molecule has 5 atom stereocenters. The van der Waals surface area contributed by atoms with Gasteiger partial charge in [-0.1, -0.05) is 19.4 Å². The number of hydrogen-bond acceptors (Lipinski definition) is 10. The third-order valence-electron chi connectivity index (χ3n) is 13.2. The monoisotopic (exact) mass is 829 g/mol. The average molecular weight is 829 g/mol. The summed E-state index contributed by atoms with van der Waals surface area (Å²) in [6, 6.07) is 7.22. The second-order valence-electron chi connectivity index (χ2n) is 17.2. The summed E-state index contributed by atoms with van der Waals surface area (Å²) < 4.78 is 5.49. The van der Waals surface area contributed by atoms with Crippen LogP contribution in [0.3, 0.4) is 0 Å². The summed E-state index contributed by atoms with van der Waals surface area (Å²) in [6.45, 7) is 6.14. The number of aryl methyl sites for hydroxylation is 1. The molecule has 3 aliphatic rings. The summed E-state index contributed by atoms with van der Waals surface area (Å²) in [6.07, 6.45) is 13.6. The molecule has 1 aromatic rings. The van der Waals surface area contributed by atoms with Gasteiger partial charge in [0.05, 0.1) is 7.11 Å². The largest absolute Gasteiger partial charge is 0.497 e. The first kappa shape index (κ1) is 47.9. The van der Waals surface area contributed by atoms with Gasteiger partial charge in [-0.25, -0.2) is 15.2 Å². The average Bonchev–Trinajstić information content (AvgIpc) is 3.57. The number of ether oxygens (including phenoxy) is 1. The lowest BCUT2D eigenvalue weighted by atomic mass is 9.55. The van der Waals surface area contributed by atoms with E-state index in [-0.39, 0.29) is 57.1 Å². The Morgan fingerprint density at radius 1 is 0.712 bits per heavy atom. The summed E-state index contributed by atoms with van der Waals surface area (Å²) in [5.74, 6) is 1.15. The van der Waals surface area contributed by atoms with Gasteiger partial charge in [0.1, 0.15) is 5.75 Å². The van der Waals surface area contributed by atoms with Crippen molar-refractivity contribution < 1.29 is 44.3 Å². The fourth-order valence-electron chi connectivity index (χ4n) is 9.73. The number of carbonyl (C=O) groups is 5. The van der Waals surface area contributed by atoms with Crippen molar-refractivity contribution in [1.82, 2.24) is 31.1 Å². The summed E-state index contributed by atoms with van der Waals surface area (Å²) in [5.41, 5.74) is 3.36. The summed E-state index contributed by atoms with van der Waals surface area (Å²) in [7, 11) is 1.74. The van der Waals surface area contributed by atoms with Crippen LogP contribution in [0.4, 0.5) is 0 Å². The smallest absolute Gasteiger partial charge is 0.246 e. The third kappa shape index (κ3) is 14.7. The number of carbonyl (C=O) groups excluding carboxylic acids is 5. The van der Waals surface area contributed by atoms with E-state index in [0.29, 0.717) is 79.1 Å². The standard InChI is InChI=1S/C44H72N6O9/c1-32(51)48(56)28-10-5-8-26-46-40(52)19-22-43(55)50(58)30-12-6-9-27-47-41(53)20-21-42(54)49(57)29-11-4-7-25-45-39-18-17-38-37-15-13-33-31-34(59-3)14-16-35(33)36(37)23-24-44(38,39)2/h14,16,31,36-39,45,56-58H,4-13,15,17-30H2,1-3H3,(H,46,52)(H,47,53)/t36?,37?,38?,39?,44-/m0/s1.